The van der Waals surface area contributed by atoms with Gasteiger partial charge in [-0.1, -0.05) is 13.8 Å². The first-order valence-electron chi connectivity index (χ1n) is 8.37. The molecule has 1 N–H and O–H groups in total. The van der Waals surface area contributed by atoms with Gasteiger partial charge in [-0.3, -0.25) is 14.6 Å². The Balaban J connectivity index is 0.00000191. The number of likely N-dealkylation sites (N-methyl/N-ethyl adjacent to an activating group) is 1. The van der Waals surface area contributed by atoms with Gasteiger partial charge in [-0.2, -0.15) is 0 Å². The number of ether oxygens (including phenoxy) is 1. The quantitative estimate of drug-likeness (QED) is 0.775. The summed E-state index contributed by atoms with van der Waals surface area (Å²) in [6.07, 6.45) is 0.293. The van der Waals surface area contributed by atoms with Crippen LogP contribution in [0.5, 0.6) is 0 Å². The average Bonchev–Trinajstić information content (AvgIpc) is 2.48. The van der Waals surface area contributed by atoms with Gasteiger partial charge in [0.05, 0.1) is 19.3 Å². The van der Waals surface area contributed by atoms with Gasteiger partial charge in [0, 0.05) is 38.8 Å². The SMILES string of the molecule is CC.CCNC(=O)CN1CCN(C(C)COC(C)C)CC1. The summed E-state index contributed by atoms with van der Waals surface area (Å²) < 4.78 is 5.66. The van der Waals surface area contributed by atoms with E-state index in [9.17, 15) is 4.79 Å². The van der Waals surface area contributed by atoms with Crippen LogP contribution in [0.15, 0.2) is 0 Å². The van der Waals surface area contributed by atoms with Crippen molar-refractivity contribution in [3.05, 3.63) is 0 Å². The number of hydrogen-bond acceptors (Lipinski definition) is 4. The normalized spacial score (nSPS) is 18.0. The van der Waals surface area contributed by atoms with Gasteiger partial charge in [-0.05, 0) is 27.7 Å². The van der Waals surface area contributed by atoms with E-state index in [0.717, 1.165) is 32.8 Å². The molecule has 5 heteroatoms. The van der Waals surface area contributed by atoms with Crippen molar-refractivity contribution in [3.63, 3.8) is 0 Å². The third kappa shape index (κ3) is 9.06. The van der Waals surface area contributed by atoms with Crippen molar-refractivity contribution in [3.8, 4) is 0 Å². The van der Waals surface area contributed by atoms with E-state index in [0.29, 0.717) is 25.2 Å². The second kappa shape index (κ2) is 12.0. The maximum Gasteiger partial charge on any atom is 0.234 e. The molecule has 1 unspecified atom stereocenters. The van der Waals surface area contributed by atoms with Gasteiger partial charge in [0.2, 0.25) is 5.91 Å². The smallest absolute Gasteiger partial charge is 0.234 e. The minimum Gasteiger partial charge on any atom is -0.377 e. The second-order valence-corrected chi connectivity index (χ2v) is 5.50. The van der Waals surface area contributed by atoms with Crippen LogP contribution in [-0.4, -0.2) is 73.7 Å². The highest BCUT2D eigenvalue weighted by Crippen LogP contribution is 2.07. The molecule has 1 fully saturated rings. The standard InChI is InChI=1S/C14H29N3O2.C2H6/c1-5-15-14(18)10-16-6-8-17(9-7-16)13(4)11-19-12(2)3;1-2/h12-13H,5-11H2,1-4H3,(H,15,18);1-2H3. The molecule has 126 valence electrons. The minimum atomic E-state index is 0.132. The van der Waals surface area contributed by atoms with Gasteiger partial charge < -0.3 is 10.1 Å². The molecule has 0 radical (unpaired) electrons. The summed E-state index contributed by atoms with van der Waals surface area (Å²) in [7, 11) is 0. The third-order valence-electron chi connectivity index (χ3n) is 3.44. The molecule has 1 amide bonds. The summed E-state index contributed by atoms with van der Waals surface area (Å²) in [6, 6.07) is 0.453. The first-order chi connectivity index (χ1) is 10.0. The number of carbonyl (C=O) groups excluding carboxylic acids is 1. The molecule has 1 aliphatic heterocycles. The molecule has 0 aromatic rings. The summed E-state index contributed by atoms with van der Waals surface area (Å²) in [5.74, 6) is 0.132. The summed E-state index contributed by atoms with van der Waals surface area (Å²) in [5, 5.41) is 2.85. The summed E-state index contributed by atoms with van der Waals surface area (Å²) in [6.45, 7) is 18.3. The highest BCUT2D eigenvalue weighted by atomic mass is 16.5. The van der Waals surface area contributed by atoms with Crippen molar-refractivity contribution in [2.75, 3.05) is 45.9 Å². The number of carbonyl (C=O) groups is 1. The van der Waals surface area contributed by atoms with Crippen LogP contribution in [-0.2, 0) is 9.53 Å². The lowest BCUT2D eigenvalue weighted by molar-refractivity contribution is -0.122. The zero-order valence-corrected chi connectivity index (χ0v) is 14.8. The van der Waals surface area contributed by atoms with Gasteiger partial charge in [-0.25, -0.2) is 0 Å². The predicted octanol–water partition coefficient (Wildman–Crippen LogP) is 1.58. The molecule has 0 saturated carbocycles. The Morgan fingerprint density at radius 1 is 1.14 bits per heavy atom. The third-order valence-corrected chi connectivity index (χ3v) is 3.44. The molecule has 1 rings (SSSR count). The maximum absolute atomic E-state index is 11.5. The van der Waals surface area contributed by atoms with Crippen molar-refractivity contribution in [1.29, 1.82) is 0 Å². The van der Waals surface area contributed by atoms with Crippen molar-refractivity contribution >= 4 is 5.91 Å². The highest BCUT2D eigenvalue weighted by Gasteiger charge is 2.22. The van der Waals surface area contributed by atoms with Crippen LogP contribution in [0.4, 0.5) is 0 Å². The Morgan fingerprint density at radius 3 is 2.19 bits per heavy atom. The van der Waals surface area contributed by atoms with E-state index in [-0.39, 0.29) is 5.91 Å². The molecule has 0 spiro atoms. The number of piperazine rings is 1. The van der Waals surface area contributed by atoms with Crippen molar-refractivity contribution in [2.24, 2.45) is 0 Å². The summed E-state index contributed by atoms with van der Waals surface area (Å²) >= 11 is 0. The number of nitrogens with one attached hydrogen (secondary N) is 1. The van der Waals surface area contributed by atoms with Crippen LogP contribution in [0.3, 0.4) is 0 Å². The van der Waals surface area contributed by atoms with Gasteiger partial charge >= 0.3 is 0 Å². The van der Waals surface area contributed by atoms with Crippen molar-refractivity contribution in [2.45, 2.75) is 53.7 Å². The molecule has 1 saturated heterocycles. The van der Waals surface area contributed by atoms with Gasteiger partial charge in [0.1, 0.15) is 0 Å². The average molecular weight is 301 g/mol. The minimum absolute atomic E-state index is 0.132. The molecule has 1 atom stereocenters. The number of hydrogen-bond donors (Lipinski definition) is 1. The lowest BCUT2D eigenvalue weighted by Crippen LogP contribution is -2.52. The van der Waals surface area contributed by atoms with Crippen LogP contribution in [0, 0.1) is 0 Å². The van der Waals surface area contributed by atoms with E-state index >= 15 is 0 Å². The summed E-state index contributed by atoms with van der Waals surface area (Å²) in [4.78, 5) is 16.2. The monoisotopic (exact) mass is 301 g/mol. The highest BCUT2D eigenvalue weighted by molar-refractivity contribution is 5.77. The Hall–Kier alpha value is -0.650. The van der Waals surface area contributed by atoms with Crippen LogP contribution in [0.25, 0.3) is 0 Å². The van der Waals surface area contributed by atoms with E-state index in [4.69, 9.17) is 4.74 Å². The maximum atomic E-state index is 11.5. The molecule has 0 aromatic heterocycles. The fourth-order valence-electron chi connectivity index (χ4n) is 2.26. The lowest BCUT2D eigenvalue weighted by Gasteiger charge is -2.37. The van der Waals surface area contributed by atoms with Gasteiger partial charge in [0.25, 0.3) is 0 Å². The first-order valence-corrected chi connectivity index (χ1v) is 8.37. The van der Waals surface area contributed by atoms with Gasteiger partial charge in [-0.15, -0.1) is 0 Å². The molecule has 1 aliphatic rings. The van der Waals surface area contributed by atoms with Gasteiger partial charge in [0.15, 0.2) is 0 Å². The van der Waals surface area contributed by atoms with E-state index < -0.39 is 0 Å². The van der Waals surface area contributed by atoms with Crippen LogP contribution >= 0.6 is 0 Å². The molecule has 0 aromatic carbocycles. The van der Waals surface area contributed by atoms with E-state index in [1.54, 1.807) is 0 Å². The van der Waals surface area contributed by atoms with E-state index in [1.807, 2.05) is 20.8 Å². The van der Waals surface area contributed by atoms with Crippen molar-refractivity contribution < 1.29 is 9.53 Å². The molecular formula is C16H35N3O2. The fraction of sp³-hybridized carbons (Fsp3) is 0.938. The largest absolute Gasteiger partial charge is 0.377 e. The van der Waals surface area contributed by atoms with Crippen LogP contribution < -0.4 is 5.32 Å². The second-order valence-electron chi connectivity index (χ2n) is 5.50. The number of amides is 1. The van der Waals surface area contributed by atoms with E-state index in [2.05, 4.69) is 35.9 Å². The lowest BCUT2D eigenvalue weighted by atomic mass is 10.2. The number of nitrogens with zero attached hydrogens (tertiary/aromatic N) is 2. The van der Waals surface area contributed by atoms with Crippen molar-refractivity contribution in [1.82, 2.24) is 15.1 Å². The topological polar surface area (TPSA) is 44.8 Å². The fourth-order valence-corrected chi connectivity index (χ4v) is 2.26. The Kier molecular flexibility index (Phi) is 11.6. The Labute approximate surface area is 131 Å². The molecule has 21 heavy (non-hydrogen) atoms. The molecular weight excluding hydrogens is 266 g/mol. The molecule has 5 nitrogen and oxygen atoms in total. The van der Waals surface area contributed by atoms with Crippen LogP contribution in [0.2, 0.25) is 0 Å². The Bertz CT molecular complexity index is 264. The number of rotatable bonds is 7. The molecule has 0 aliphatic carbocycles. The van der Waals surface area contributed by atoms with Crippen LogP contribution in [0.1, 0.15) is 41.5 Å². The first kappa shape index (κ1) is 20.3. The zero-order valence-electron chi connectivity index (χ0n) is 14.8. The molecule has 0 bridgehead atoms. The van der Waals surface area contributed by atoms with E-state index in [1.165, 1.54) is 0 Å². The molecule has 1 heterocycles. The zero-order chi connectivity index (χ0) is 16.3. The predicted molar refractivity (Wildman–Crippen MR) is 88.6 cm³/mol. The Morgan fingerprint density at radius 2 is 1.71 bits per heavy atom. The summed E-state index contributed by atoms with van der Waals surface area (Å²) in [5.41, 5.74) is 0.